The molecule has 1 heterocycles. The van der Waals surface area contributed by atoms with Crippen LogP contribution in [-0.2, 0) is 23.1 Å². The summed E-state index contributed by atoms with van der Waals surface area (Å²) in [7, 11) is -0.466. The summed E-state index contributed by atoms with van der Waals surface area (Å²) in [5.41, 5.74) is 1.55. The monoisotopic (exact) mass is 375 g/mol. The summed E-state index contributed by atoms with van der Waals surface area (Å²) < 4.78 is 26.2. The molecule has 0 amide bonds. The lowest BCUT2D eigenvalue weighted by Crippen LogP contribution is -2.37. The zero-order valence-electron chi connectivity index (χ0n) is 15.3. The molecule has 1 aromatic heterocycles. The highest BCUT2D eigenvalue weighted by atomic mass is 32.2. The van der Waals surface area contributed by atoms with Crippen LogP contribution in [0.15, 0.2) is 58.5 Å². The van der Waals surface area contributed by atoms with Gasteiger partial charge in [-0.1, -0.05) is 24.3 Å². The molecule has 1 aromatic carbocycles. The molecule has 0 aliphatic heterocycles. The first kappa shape index (κ1) is 19.9. The Kier molecular flexibility index (Phi) is 7.11. The topological polar surface area (TPSA) is 86.7 Å². The van der Waals surface area contributed by atoms with Gasteiger partial charge in [-0.2, -0.15) is 0 Å². The zero-order chi connectivity index (χ0) is 19.0. The van der Waals surface area contributed by atoms with Crippen LogP contribution in [0.5, 0.6) is 0 Å². The smallest absolute Gasteiger partial charge is 0.242 e. The van der Waals surface area contributed by atoms with Gasteiger partial charge in [-0.05, 0) is 30.7 Å². The molecule has 26 heavy (non-hydrogen) atoms. The SMILES string of the molecule is CCNC(=NCc1ccccc1S(=O)(=O)N(C)C)NCc1ccccn1. The number of pyridine rings is 1. The van der Waals surface area contributed by atoms with Gasteiger partial charge in [0.2, 0.25) is 10.0 Å². The number of aliphatic imine (C=N–C) groups is 1. The molecule has 2 rings (SSSR count). The Labute approximate surface area is 155 Å². The van der Waals surface area contributed by atoms with Crippen LogP contribution < -0.4 is 10.6 Å². The van der Waals surface area contributed by atoms with Gasteiger partial charge in [0.25, 0.3) is 0 Å². The first-order valence-electron chi connectivity index (χ1n) is 8.37. The van der Waals surface area contributed by atoms with E-state index in [0.29, 0.717) is 24.6 Å². The standard InChI is InChI=1S/C18H25N5O2S/c1-4-19-18(22-14-16-10-7-8-12-20-16)21-13-15-9-5-6-11-17(15)26(24,25)23(2)3/h5-12H,4,13-14H2,1-3H3,(H2,19,21,22). The molecule has 0 fully saturated rings. The van der Waals surface area contributed by atoms with E-state index in [1.807, 2.05) is 31.2 Å². The minimum Gasteiger partial charge on any atom is -0.357 e. The number of guanidine groups is 1. The van der Waals surface area contributed by atoms with Crippen LogP contribution in [0, 0.1) is 0 Å². The van der Waals surface area contributed by atoms with Crippen molar-refractivity contribution in [2.24, 2.45) is 4.99 Å². The fourth-order valence-electron chi connectivity index (χ4n) is 2.27. The Morgan fingerprint density at radius 1 is 1.12 bits per heavy atom. The number of nitrogens with zero attached hydrogens (tertiary/aromatic N) is 3. The Bertz CT molecular complexity index is 836. The largest absolute Gasteiger partial charge is 0.357 e. The molecule has 7 nitrogen and oxygen atoms in total. The molecule has 2 N–H and O–H groups in total. The van der Waals surface area contributed by atoms with Gasteiger partial charge in [0.1, 0.15) is 0 Å². The highest BCUT2D eigenvalue weighted by Crippen LogP contribution is 2.19. The maximum Gasteiger partial charge on any atom is 0.242 e. The molecular formula is C18H25N5O2S. The molecule has 0 unspecified atom stereocenters. The summed E-state index contributed by atoms with van der Waals surface area (Å²) in [4.78, 5) is 9.05. The van der Waals surface area contributed by atoms with E-state index in [9.17, 15) is 8.42 Å². The van der Waals surface area contributed by atoms with Gasteiger partial charge < -0.3 is 10.6 Å². The number of benzene rings is 1. The summed E-state index contributed by atoms with van der Waals surface area (Å²) in [6.07, 6.45) is 1.74. The van der Waals surface area contributed by atoms with Crippen molar-refractivity contribution in [1.29, 1.82) is 0 Å². The molecule has 2 aromatic rings. The van der Waals surface area contributed by atoms with Crippen molar-refractivity contribution < 1.29 is 8.42 Å². The Hall–Kier alpha value is -2.45. The van der Waals surface area contributed by atoms with E-state index in [2.05, 4.69) is 20.6 Å². The molecule has 0 bridgehead atoms. The normalized spacial score (nSPS) is 12.2. The molecule has 0 aliphatic carbocycles. The van der Waals surface area contributed by atoms with Gasteiger partial charge in [0.15, 0.2) is 5.96 Å². The lowest BCUT2D eigenvalue weighted by atomic mass is 10.2. The van der Waals surface area contributed by atoms with Crippen LogP contribution in [-0.4, -0.2) is 44.3 Å². The zero-order valence-corrected chi connectivity index (χ0v) is 16.1. The van der Waals surface area contributed by atoms with Gasteiger partial charge in [-0.3, -0.25) is 4.98 Å². The first-order chi connectivity index (χ1) is 12.4. The van der Waals surface area contributed by atoms with Crippen molar-refractivity contribution in [3.63, 3.8) is 0 Å². The van der Waals surface area contributed by atoms with Gasteiger partial charge >= 0.3 is 0 Å². The third-order valence-corrected chi connectivity index (χ3v) is 5.56. The van der Waals surface area contributed by atoms with E-state index >= 15 is 0 Å². The lowest BCUT2D eigenvalue weighted by molar-refractivity contribution is 0.519. The summed E-state index contributed by atoms with van der Waals surface area (Å²) >= 11 is 0. The predicted octanol–water partition coefficient (Wildman–Crippen LogP) is 1.59. The summed E-state index contributed by atoms with van der Waals surface area (Å²) in [5.74, 6) is 0.607. The van der Waals surface area contributed by atoms with Crippen LogP contribution in [0.1, 0.15) is 18.2 Å². The minimum atomic E-state index is -3.51. The average Bonchev–Trinajstić information content (AvgIpc) is 2.65. The molecule has 0 aliphatic rings. The van der Waals surface area contributed by atoms with E-state index in [1.165, 1.54) is 18.4 Å². The van der Waals surface area contributed by atoms with E-state index in [-0.39, 0.29) is 11.4 Å². The maximum atomic E-state index is 12.5. The highest BCUT2D eigenvalue weighted by Gasteiger charge is 2.20. The highest BCUT2D eigenvalue weighted by molar-refractivity contribution is 7.89. The first-order valence-corrected chi connectivity index (χ1v) is 9.81. The van der Waals surface area contributed by atoms with E-state index in [0.717, 1.165) is 5.69 Å². The molecule has 8 heteroatoms. The number of sulfonamides is 1. The fourth-order valence-corrected chi connectivity index (χ4v) is 3.37. The van der Waals surface area contributed by atoms with Crippen LogP contribution >= 0.6 is 0 Å². The fraction of sp³-hybridized carbons (Fsp3) is 0.333. The maximum absolute atomic E-state index is 12.5. The number of rotatable bonds is 7. The Morgan fingerprint density at radius 2 is 1.85 bits per heavy atom. The Balaban J connectivity index is 2.17. The third kappa shape index (κ3) is 5.27. The van der Waals surface area contributed by atoms with Gasteiger partial charge in [0, 0.05) is 26.8 Å². The van der Waals surface area contributed by atoms with Crippen molar-refractivity contribution >= 4 is 16.0 Å². The molecule has 0 spiro atoms. The van der Waals surface area contributed by atoms with Gasteiger partial charge in [0.05, 0.1) is 23.7 Å². The van der Waals surface area contributed by atoms with E-state index < -0.39 is 10.0 Å². The van der Waals surface area contributed by atoms with Gasteiger partial charge in [-0.15, -0.1) is 0 Å². The van der Waals surface area contributed by atoms with Crippen LogP contribution in [0.25, 0.3) is 0 Å². The van der Waals surface area contributed by atoms with Crippen LogP contribution in [0.3, 0.4) is 0 Å². The van der Waals surface area contributed by atoms with E-state index in [1.54, 1.807) is 24.4 Å². The lowest BCUT2D eigenvalue weighted by Gasteiger charge is -2.15. The average molecular weight is 375 g/mol. The minimum absolute atomic E-state index is 0.251. The van der Waals surface area contributed by atoms with Crippen molar-refractivity contribution in [3.05, 3.63) is 59.9 Å². The molecule has 140 valence electrons. The molecule has 0 radical (unpaired) electrons. The number of nitrogens with one attached hydrogen (secondary N) is 2. The summed E-state index contributed by atoms with van der Waals surface area (Å²) in [5, 5.41) is 6.36. The van der Waals surface area contributed by atoms with Crippen molar-refractivity contribution in [2.75, 3.05) is 20.6 Å². The third-order valence-electron chi connectivity index (χ3n) is 3.65. The van der Waals surface area contributed by atoms with Crippen molar-refractivity contribution in [2.45, 2.75) is 24.9 Å². The molecule has 0 saturated carbocycles. The van der Waals surface area contributed by atoms with Crippen LogP contribution in [0.4, 0.5) is 0 Å². The second kappa shape index (κ2) is 9.30. The van der Waals surface area contributed by atoms with Gasteiger partial charge in [-0.25, -0.2) is 17.7 Å². The second-order valence-electron chi connectivity index (χ2n) is 5.76. The molecular weight excluding hydrogens is 350 g/mol. The number of hydrogen-bond donors (Lipinski definition) is 2. The predicted molar refractivity (Wildman–Crippen MR) is 103 cm³/mol. The quantitative estimate of drug-likeness (QED) is 0.567. The summed E-state index contributed by atoms with van der Waals surface area (Å²) in [6, 6.07) is 12.6. The van der Waals surface area contributed by atoms with E-state index in [4.69, 9.17) is 0 Å². The number of aromatic nitrogens is 1. The molecule has 0 atom stereocenters. The summed E-state index contributed by atoms with van der Waals surface area (Å²) in [6.45, 7) is 3.46. The Morgan fingerprint density at radius 3 is 2.50 bits per heavy atom. The molecule has 0 saturated heterocycles. The van der Waals surface area contributed by atoms with Crippen molar-refractivity contribution in [3.8, 4) is 0 Å². The van der Waals surface area contributed by atoms with Crippen molar-refractivity contribution in [1.82, 2.24) is 19.9 Å². The van der Waals surface area contributed by atoms with Crippen LogP contribution in [0.2, 0.25) is 0 Å². The second-order valence-corrected chi connectivity index (χ2v) is 7.89. The number of hydrogen-bond acceptors (Lipinski definition) is 4.